The number of carbonyl (C=O) groups is 1. The van der Waals surface area contributed by atoms with E-state index < -0.39 is 0 Å². The number of aromatic hydroxyl groups is 1. The summed E-state index contributed by atoms with van der Waals surface area (Å²) in [6, 6.07) is 5.45. The van der Waals surface area contributed by atoms with Crippen molar-refractivity contribution in [2.75, 3.05) is 39.3 Å². The topological polar surface area (TPSA) is 68.2 Å². The van der Waals surface area contributed by atoms with Crippen molar-refractivity contribution in [2.45, 2.75) is 19.3 Å². The molecule has 1 amide bonds. The monoisotopic (exact) mass is 394 g/mol. The first kappa shape index (κ1) is 21.0. The van der Waals surface area contributed by atoms with E-state index in [0.29, 0.717) is 18.5 Å². The minimum Gasteiger partial charge on any atom is -0.507 e. The molecule has 0 bridgehead atoms. The van der Waals surface area contributed by atoms with E-state index in [1.807, 2.05) is 12.1 Å². The summed E-state index contributed by atoms with van der Waals surface area (Å²) in [5.74, 6) is 0.0267. The lowest BCUT2D eigenvalue weighted by atomic mass is 10.1. The summed E-state index contributed by atoms with van der Waals surface area (Å²) in [5.41, 5.74) is 5.32. The number of benzene rings is 1. The van der Waals surface area contributed by atoms with Gasteiger partial charge >= 0.3 is 0 Å². The van der Waals surface area contributed by atoms with Crippen LogP contribution in [0.1, 0.15) is 24.0 Å². The largest absolute Gasteiger partial charge is 0.507 e. The molecule has 1 aromatic carbocycles. The molecule has 3 rings (SSSR count). The molecule has 2 N–H and O–H groups in total. The van der Waals surface area contributed by atoms with Crippen molar-refractivity contribution in [3.8, 4) is 5.75 Å². The van der Waals surface area contributed by atoms with E-state index in [2.05, 4.69) is 45.1 Å². The van der Waals surface area contributed by atoms with Gasteiger partial charge in [0.25, 0.3) is 5.91 Å². The van der Waals surface area contributed by atoms with E-state index in [0.717, 1.165) is 51.1 Å². The van der Waals surface area contributed by atoms with Gasteiger partial charge in [0.2, 0.25) is 0 Å². The molecule has 6 heteroatoms. The van der Waals surface area contributed by atoms with Crippen LogP contribution in [0.25, 0.3) is 0 Å². The quantitative estimate of drug-likeness (QED) is 0.404. The number of hydrogen-bond donors (Lipinski definition) is 2. The van der Waals surface area contributed by atoms with Crippen LogP contribution in [0.2, 0.25) is 0 Å². The normalized spacial score (nSPS) is 18.0. The Labute approximate surface area is 172 Å². The first-order chi connectivity index (χ1) is 14.2. The minimum atomic E-state index is -0.144. The highest BCUT2D eigenvalue weighted by molar-refractivity contribution is 5.86. The first-order valence-corrected chi connectivity index (χ1v) is 10.2. The summed E-state index contributed by atoms with van der Waals surface area (Å²) < 4.78 is 0. The second-order valence-electron chi connectivity index (χ2n) is 7.45. The molecule has 1 aliphatic heterocycles. The summed E-state index contributed by atoms with van der Waals surface area (Å²) in [4.78, 5) is 16.8. The van der Waals surface area contributed by atoms with E-state index >= 15 is 0 Å². The Morgan fingerprint density at radius 3 is 2.72 bits per heavy atom. The third-order valence-corrected chi connectivity index (χ3v) is 5.22. The van der Waals surface area contributed by atoms with Gasteiger partial charge in [-0.1, -0.05) is 36.4 Å². The predicted molar refractivity (Wildman–Crippen MR) is 117 cm³/mol. The molecule has 6 nitrogen and oxygen atoms in total. The maximum absolute atomic E-state index is 12.2. The van der Waals surface area contributed by atoms with Crippen molar-refractivity contribution < 1.29 is 9.90 Å². The number of rotatable bonds is 8. The molecule has 1 aromatic rings. The lowest BCUT2D eigenvalue weighted by Crippen LogP contribution is -2.49. The highest BCUT2D eigenvalue weighted by atomic mass is 16.3. The lowest BCUT2D eigenvalue weighted by Gasteiger charge is -2.34. The summed E-state index contributed by atoms with van der Waals surface area (Å²) in [6.07, 6.45) is 12.9. The molecule has 29 heavy (non-hydrogen) atoms. The molecule has 0 radical (unpaired) electrons. The smallest absolute Gasteiger partial charge is 0.254 e. The molecule has 0 unspecified atom stereocenters. The van der Waals surface area contributed by atoms with Crippen molar-refractivity contribution >= 4 is 12.1 Å². The van der Waals surface area contributed by atoms with E-state index in [1.165, 1.54) is 11.8 Å². The number of hydrogen-bond acceptors (Lipinski definition) is 5. The molecule has 1 fully saturated rings. The minimum absolute atomic E-state index is 0.144. The number of nitrogens with one attached hydrogen (secondary N) is 1. The number of hydrazone groups is 1. The van der Waals surface area contributed by atoms with Gasteiger partial charge in [0.1, 0.15) is 5.75 Å². The molecule has 1 heterocycles. The van der Waals surface area contributed by atoms with Crippen molar-refractivity contribution in [3.63, 3.8) is 0 Å². The SMILES string of the molecule is C=CCc1cccc(/C=N/NC(=O)CN2CCN(CC3=CCCC=C3)CC2)c1O. The van der Waals surface area contributed by atoms with Crippen LogP contribution in [0.15, 0.2) is 59.8 Å². The average Bonchev–Trinajstić information content (AvgIpc) is 2.73. The van der Waals surface area contributed by atoms with E-state index in [9.17, 15) is 9.90 Å². The molecule has 2 aliphatic rings. The van der Waals surface area contributed by atoms with Gasteiger partial charge in [-0.05, 0) is 36.5 Å². The predicted octanol–water partition coefficient (Wildman–Crippen LogP) is 2.46. The fourth-order valence-corrected chi connectivity index (χ4v) is 3.60. The number of piperazine rings is 1. The molecule has 1 saturated heterocycles. The molecule has 0 saturated carbocycles. The number of allylic oxidation sites excluding steroid dienone is 3. The van der Waals surface area contributed by atoms with Crippen molar-refractivity contribution in [1.29, 1.82) is 0 Å². The number of phenolic OH excluding ortho intramolecular Hbond substituents is 1. The Kier molecular flexibility index (Phi) is 7.78. The molecule has 0 aromatic heterocycles. The Morgan fingerprint density at radius 2 is 2.00 bits per heavy atom. The van der Waals surface area contributed by atoms with E-state index in [1.54, 1.807) is 12.1 Å². The number of phenols is 1. The summed E-state index contributed by atoms with van der Waals surface area (Å²) in [5, 5.41) is 14.2. The fourth-order valence-electron chi connectivity index (χ4n) is 3.60. The number of amides is 1. The Balaban J connectivity index is 1.41. The van der Waals surface area contributed by atoms with Crippen molar-refractivity contribution in [1.82, 2.24) is 15.2 Å². The third-order valence-electron chi connectivity index (χ3n) is 5.22. The number of para-hydroxylation sites is 1. The third kappa shape index (κ3) is 6.41. The van der Waals surface area contributed by atoms with Crippen LogP contribution in [0.4, 0.5) is 0 Å². The zero-order valence-corrected chi connectivity index (χ0v) is 16.9. The molecular weight excluding hydrogens is 364 g/mol. The van der Waals surface area contributed by atoms with Gasteiger partial charge < -0.3 is 5.11 Å². The standard InChI is InChI=1S/C23H30N4O2/c1-2-7-20-10-6-11-21(23(20)29)16-24-25-22(28)18-27-14-12-26(13-15-27)17-19-8-4-3-5-9-19/h2,4,6,8-11,16,29H,1,3,5,7,12-15,17-18H2,(H,25,28)/b24-16+. The van der Waals surface area contributed by atoms with Gasteiger partial charge in [0, 0.05) is 38.3 Å². The van der Waals surface area contributed by atoms with Crippen LogP contribution in [0.5, 0.6) is 5.75 Å². The van der Waals surface area contributed by atoms with Crippen LogP contribution in [0, 0.1) is 0 Å². The molecule has 1 aliphatic carbocycles. The Morgan fingerprint density at radius 1 is 1.21 bits per heavy atom. The lowest BCUT2D eigenvalue weighted by molar-refractivity contribution is -0.122. The van der Waals surface area contributed by atoms with Gasteiger partial charge in [0.15, 0.2) is 0 Å². The second-order valence-corrected chi connectivity index (χ2v) is 7.45. The highest BCUT2D eigenvalue weighted by Crippen LogP contribution is 2.21. The van der Waals surface area contributed by atoms with Crippen molar-refractivity contribution in [3.05, 3.63) is 65.8 Å². The van der Waals surface area contributed by atoms with Gasteiger partial charge in [-0.2, -0.15) is 5.10 Å². The Bertz CT molecular complexity index is 805. The average molecular weight is 395 g/mol. The van der Waals surface area contributed by atoms with Crippen LogP contribution in [0.3, 0.4) is 0 Å². The van der Waals surface area contributed by atoms with Gasteiger partial charge in [-0.15, -0.1) is 6.58 Å². The summed E-state index contributed by atoms with van der Waals surface area (Å²) >= 11 is 0. The second kappa shape index (κ2) is 10.7. The molecule has 154 valence electrons. The summed E-state index contributed by atoms with van der Waals surface area (Å²) in [7, 11) is 0. The first-order valence-electron chi connectivity index (χ1n) is 10.2. The highest BCUT2D eigenvalue weighted by Gasteiger charge is 2.19. The van der Waals surface area contributed by atoms with Gasteiger partial charge in [0.05, 0.1) is 12.8 Å². The van der Waals surface area contributed by atoms with E-state index in [-0.39, 0.29) is 11.7 Å². The summed E-state index contributed by atoms with van der Waals surface area (Å²) in [6.45, 7) is 8.69. The van der Waals surface area contributed by atoms with Crippen LogP contribution in [-0.2, 0) is 11.2 Å². The van der Waals surface area contributed by atoms with Crippen LogP contribution in [-0.4, -0.2) is 66.3 Å². The van der Waals surface area contributed by atoms with Gasteiger partial charge in [-0.25, -0.2) is 5.43 Å². The van der Waals surface area contributed by atoms with Gasteiger partial charge in [-0.3, -0.25) is 14.6 Å². The van der Waals surface area contributed by atoms with Crippen LogP contribution >= 0.6 is 0 Å². The number of nitrogens with zero attached hydrogens (tertiary/aromatic N) is 3. The van der Waals surface area contributed by atoms with E-state index in [4.69, 9.17) is 0 Å². The zero-order chi connectivity index (χ0) is 20.5. The molecular formula is C23H30N4O2. The Hall–Kier alpha value is -2.70. The zero-order valence-electron chi connectivity index (χ0n) is 16.9. The maximum Gasteiger partial charge on any atom is 0.254 e. The molecule has 0 atom stereocenters. The molecule has 0 spiro atoms. The van der Waals surface area contributed by atoms with Crippen molar-refractivity contribution in [2.24, 2.45) is 5.10 Å². The fraction of sp³-hybridized carbons (Fsp3) is 0.391. The number of carbonyl (C=O) groups excluding carboxylic acids is 1. The maximum atomic E-state index is 12.2. The van der Waals surface area contributed by atoms with Crippen LogP contribution < -0.4 is 5.43 Å².